The van der Waals surface area contributed by atoms with E-state index in [1.54, 1.807) is 0 Å². The summed E-state index contributed by atoms with van der Waals surface area (Å²) in [5, 5.41) is 0. The first-order valence-electron chi connectivity index (χ1n) is 7.22. The minimum Gasteiger partial charge on any atom is -0.379 e. The smallest absolute Gasteiger partial charge is 0.0820 e. The summed E-state index contributed by atoms with van der Waals surface area (Å²) in [6.45, 7) is 12.7. The predicted molar refractivity (Wildman–Crippen MR) is 78.6 cm³/mol. The first-order chi connectivity index (χ1) is 8.48. The molecule has 0 atom stereocenters. The van der Waals surface area contributed by atoms with Gasteiger partial charge in [-0.3, -0.25) is 4.99 Å². The zero-order valence-electron chi connectivity index (χ0n) is 12.9. The van der Waals surface area contributed by atoms with Crippen molar-refractivity contribution in [2.75, 3.05) is 19.8 Å². The molecule has 0 heterocycles. The van der Waals surface area contributed by atoms with Crippen molar-refractivity contribution in [1.82, 2.24) is 0 Å². The zero-order valence-corrected chi connectivity index (χ0v) is 12.9. The summed E-state index contributed by atoms with van der Waals surface area (Å²) >= 11 is 0. The van der Waals surface area contributed by atoms with E-state index in [2.05, 4.69) is 32.7 Å². The molecule has 18 heavy (non-hydrogen) atoms. The molecule has 0 saturated heterocycles. The van der Waals surface area contributed by atoms with Gasteiger partial charge in [0.1, 0.15) is 0 Å². The summed E-state index contributed by atoms with van der Waals surface area (Å²) in [7, 11) is 0. The topological polar surface area (TPSA) is 30.8 Å². The van der Waals surface area contributed by atoms with Crippen LogP contribution in [0, 0.1) is 0 Å². The Balaban J connectivity index is 3.38. The molecule has 0 spiro atoms. The van der Waals surface area contributed by atoms with Crippen LogP contribution in [0.5, 0.6) is 0 Å². The van der Waals surface area contributed by atoms with E-state index in [-0.39, 0.29) is 5.60 Å². The van der Waals surface area contributed by atoms with Crippen molar-refractivity contribution in [2.24, 2.45) is 4.99 Å². The monoisotopic (exact) mass is 257 g/mol. The Labute approximate surface area is 113 Å². The molecule has 108 valence electrons. The lowest BCUT2D eigenvalue weighted by atomic mass is 10.1. The maximum absolute atomic E-state index is 5.58. The van der Waals surface area contributed by atoms with E-state index in [0.717, 1.165) is 32.6 Å². The molecule has 0 unspecified atom stereocenters. The molecule has 0 bridgehead atoms. The largest absolute Gasteiger partial charge is 0.379 e. The highest BCUT2D eigenvalue weighted by molar-refractivity contribution is 5.57. The van der Waals surface area contributed by atoms with E-state index >= 15 is 0 Å². The molecule has 0 fully saturated rings. The number of aliphatic imine (C=N–C) groups is 1. The number of hydrogen-bond acceptors (Lipinski definition) is 3. The third kappa shape index (κ3) is 12.1. The van der Waals surface area contributed by atoms with Crippen LogP contribution >= 0.6 is 0 Å². The van der Waals surface area contributed by atoms with Gasteiger partial charge in [-0.15, -0.1) is 0 Å². The summed E-state index contributed by atoms with van der Waals surface area (Å²) in [5.74, 6) is 0. The van der Waals surface area contributed by atoms with Gasteiger partial charge >= 0.3 is 0 Å². The molecule has 0 amide bonds. The van der Waals surface area contributed by atoms with Crippen molar-refractivity contribution in [3.8, 4) is 0 Å². The summed E-state index contributed by atoms with van der Waals surface area (Å²) in [6, 6.07) is 0. The second kappa shape index (κ2) is 10.5. The maximum Gasteiger partial charge on any atom is 0.0820 e. The van der Waals surface area contributed by atoms with E-state index in [4.69, 9.17) is 9.47 Å². The van der Waals surface area contributed by atoms with Crippen LogP contribution in [0.2, 0.25) is 0 Å². The Morgan fingerprint density at radius 1 is 1.17 bits per heavy atom. The molecule has 0 aliphatic rings. The van der Waals surface area contributed by atoms with E-state index < -0.39 is 0 Å². The molecule has 3 nitrogen and oxygen atoms in total. The summed E-state index contributed by atoms with van der Waals surface area (Å²) in [5.41, 5.74) is -0.129. The highest BCUT2D eigenvalue weighted by atomic mass is 16.5. The Morgan fingerprint density at radius 2 is 1.89 bits per heavy atom. The second-order valence-corrected chi connectivity index (χ2v) is 5.48. The average Bonchev–Trinajstić information content (AvgIpc) is 2.26. The van der Waals surface area contributed by atoms with Crippen LogP contribution in [0.3, 0.4) is 0 Å². The van der Waals surface area contributed by atoms with Gasteiger partial charge < -0.3 is 9.47 Å². The van der Waals surface area contributed by atoms with Crippen LogP contribution in [0.4, 0.5) is 0 Å². The first-order valence-corrected chi connectivity index (χ1v) is 7.22. The lowest BCUT2D eigenvalue weighted by Crippen LogP contribution is -2.28. The van der Waals surface area contributed by atoms with Gasteiger partial charge in [-0.2, -0.15) is 0 Å². The first kappa shape index (κ1) is 17.6. The van der Waals surface area contributed by atoms with E-state index in [0.29, 0.717) is 6.10 Å². The number of hydrogen-bond donors (Lipinski definition) is 0. The molecule has 0 aromatic heterocycles. The minimum atomic E-state index is -0.129. The molecular formula is C15H31NO2. The van der Waals surface area contributed by atoms with Crippen LogP contribution in [-0.4, -0.2) is 37.7 Å². The highest BCUT2D eigenvalue weighted by Crippen LogP contribution is 2.09. The quantitative estimate of drug-likeness (QED) is 0.416. The second-order valence-electron chi connectivity index (χ2n) is 5.48. The van der Waals surface area contributed by atoms with Gasteiger partial charge in [-0.1, -0.05) is 6.42 Å². The van der Waals surface area contributed by atoms with Gasteiger partial charge in [-0.05, 0) is 60.1 Å². The van der Waals surface area contributed by atoms with Crippen LogP contribution in [0.15, 0.2) is 4.99 Å². The van der Waals surface area contributed by atoms with Crippen molar-refractivity contribution in [3.05, 3.63) is 0 Å². The van der Waals surface area contributed by atoms with Crippen LogP contribution < -0.4 is 0 Å². The Bertz CT molecular complexity index is 213. The van der Waals surface area contributed by atoms with Gasteiger partial charge in [0, 0.05) is 13.2 Å². The fourth-order valence-electron chi connectivity index (χ4n) is 1.65. The van der Waals surface area contributed by atoms with E-state index in [1.165, 1.54) is 12.8 Å². The normalized spacial score (nSPS) is 12.8. The third-order valence-corrected chi connectivity index (χ3v) is 2.56. The Morgan fingerprint density at radius 3 is 2.50 bits per heavy atom. The van der Waals surface area contributed by atoms with Crippen molar-refractivity contribution < 1.29 is 9.47 Å². The molecule has 0 saturated carbocycles. The van der Waals surface area contributed by atoms with Gasteiger partial charge in [0.05, 0.1) is 18.2 Å². The number of nitrogens with zero attached hydrogens (tertiary/aromatic N) is 1. The van der Waals surface area contributed by atoms with Gasteiger partial charge in [0.25, 0.3) is 0 Å². The molecule has 0 rings (SSSR count). The SMILES string of the molecule is CCOC(C)(C)CN=CCCCCCOC(C)C. The van der Waals surface area contributed by atoms with Crippen molar-refractivity contribution in [3.63, 3.8) is 0 Å². The molecule has 0 aliphatic heterocycles. The molecule has 3 heteroatoms. The highest BCUT2D eigenvalue weighted by Gasteiger charge is 2.15. The standard InChI is InChI=1S/C15H31NO2/c1-6-18-15(4,5)13-16-11-9-7-8-10-12-17-14(2)3/h11,14H,6-10,12-13H2,1-5H3. The van der Waals surface area contributed by atoms with Crippen molar-refractivity contribution in [2.45, 2.75) is 72.0 Å². The molecule has 0 aromatic carbocycles. The van der Waals surface area contributed by atoms with Crippen molar-refractivity contribution in [1.29, 1.82) is 0 Å². The number of rotatable bonds is 11. The number of unbranched alkanes of at least 4 members (excludes halogenated alkanes) is 3. The molecule has 0 aliphatic carbocycles. The van der Waals surface area contributed by atoms with Crippen LogP contribution in [0.1, 0.15) is 60.3 Å². The fraction of sp³-hybridized carbons (Fsp3) is 0.933. The van der Waals surface area contributed by atoms with Gasteiger partial charge in [0.2, 0.25) is 0 Å². The van der Waals surface area contributed by atoms with Crippen LogP contribution in [-0.2, 0) is 9.47 Å². The summed E-state index contributed by atoms with van der Waals surface area (Å²) < 4.78 is 11.1. The van der Waals surface area contributed by atoms with Crippen molar-refractivity contribution >= 4 is 6.21 Å². The van der Waals surface area contributed by atoms with Crippen LogP contribution in [0.25, 0.3) is 0 Å². The maximum atomic E-state index is 5.58. The molecule has 0 aromatic rings. The Kier molecular flexibility index (Phi) is 10.3. The predicted octanol–water partition coefficient (Wildman–Crippen LogP) is 3.86. The zero-order chi connectivity index (χ0) is 13.9. The van der Waals surface area contributed by atoms with E-state index in [9.17, 15) is 0 Å². The molecule has 0 N–H and O–H groups in total. The van der Waals surface area contributed by atoms with Gasteiger partial charge in [0.15, 0.2) is 0 Å². The number of ether oxygens (including phenoxy) is 2. The lowest BCUT2D eigenvalue weighted by Gasteiger charge is -2.21. The summed E-state index contributed by atoms with van der Waals surface area (Å²) in [6.07, 6.45) is 7.00. The van der Waals surface area contributed by atoms with Gasteiger partial charge in [-0.25, -0.2) is 0 Å². The summed E-state index contributed by atoms with van der Waals surface area (Å²) in [4.78, 5) is 4.43. The third-order valence-electron chi connectivity index (χ3n) is 2.56. The minimum absolute atomic E-state index is 0.129. The lowest BCUT2D eigenvalue weighted by molar-refractivity contribution is -0.00203. The molecular weight excluding hydrogens is 226 g/mol. The molecule has 0 radical (unpaired) electrons. The average molecular weight is 257 g/mol. The van der Waals surface area contributed by atoms with E-state index in [1.807, 2.05) is 13.1 Å². The Hall–Kier alpha value is -0.410. The fourth-order valence-corrected chi connectivity index (χ4v) is 1.65.